The molecule has 5 nitrogen and oxygen atoms in total. The lowest BCUT2D eigenvalue weighted by molar-refractivity contribution is 0.333. The molecule has 0 amide bonds. The molecule has 1 aliphatic rings. The van der Waals surface area contributed by atoms with Crippen LogP contribution in [0.1, 0.15) is 19.3 Å². The van der Waals surface area contributed by atoms with Crippen LogP contribution >= 0.6 is 15.9 Å². The predicted molar refractivity (Wildman–Crippen MR) is 63.4 cm³/mol. The van der Waals surface area contributed by atoms with E-state index in [-0.39, 0.29) is 0 Å². The molecule has 0 saturated heterocycles. The minimum Gasteiger partial charge on any atom is -0.369 e. The Labute approximate surface area is 97.0 Å². The monoisotopic (exact) mass is 271 g/mol. The van der Waals surface area contributed by atoms with Crippen molar-refractivity contribution in [2.45, 2.75) is 19.3 Å². The Balaban J connectivity index is 1.98. The van der Waals surface area contributed by atoms with Crippen molar-refractivity contribution in [2.75, 3.05) is 17.3 Å². The van der Waals surface area contributed by atoms with Crippen molar-refractivity contribution in [1.82, 2.24) is 9.97 Å². The summed E-state index contributed by atoms with van der Waals surface area (Å²) < 4.78 is 0.862. The molecule has 0 atom stereocenters. The van der Waals surface area contributed by atoms with E-state index in [4.69, 9.17) is 5.84 Å². The third kappa shape index (κ3) is 2.57. The van der Waals surface area contributed by atoms with Crippen LogP contribution < -0.4 is 16.6 Å². The number of hydrogen-bond acceptors (Lipinski definition) is 5. The van der Waals surface area contributed by atoms with E-state index in [0.29, 0.717) is 5.95 Å². The lowest BCUT2D eigenvalue weighted by Crippen LogP contribution is -2.22. The van der Waals surface area contributed by atoms with Crippen LogP contribution in [0.5, 0.6) is 0 Å². The summed E-state index contributed by atoms with van der Waals surface area (Å²) in [4.78, 5) is 8.20. The van der Waals surface area contributed by atoms with Crippen LogP contribution in [0.25, 0.3) is 0 Å². The fourth-order valence-electron chi connectivity index (χ4n) is 1.50. The van der Waals surface area contributed by atoms with Crippen LogP contribution in [0.4, 0.5) is 11.8 Å². The van der Waals surface area contributed by atoms with Gasteiger partial charge in [-0.2, -0.15) is 4.98 Å². The number of hydrogen-bond donors (Lipinski definition) is 3. The van der Waals surface area contributed by atoms with Crippen LogP contribution in [0.15, 0.2) is 10.7 Å². The van der Waals surface area contributed by atoms with E-state index in [2.05, 4.69) is 36.6 Å². The SMILES string of the molecule is NNc1ncc(Br)c(NCC2CCC2)n1. The Hall–Kier alpha value is -0.880. The number of rotatable bonds is 4. The van der Waals surface area contributed by atoms with Crippen LogP contribution in [0, 0.1) is 5.92 Å². The van der Waals surface area contributed by atoms with Gasteiger partial charge in [-0.3, -0.25) is 5.43 Å². The van der Waals surface area contributed by atoms with Gasteiger partial charge in [0.2, 0.25) is 5.95 Å². The summed E-state index contributed by atoms with van der Waals surface area (Å²) in [5.74, 6) is 7.26. The van der Waals surface area contributed by atoms with Gasteiger partial charge < -0.3 is 5.32 Å². The van der Waals surface area contributed by atoms with E-state index in [1.54, 1.807) is 6.20 Å². The number of nitrogens with one attached hydrogen (secondary N) is 2. The molecular weight excluding hydrogens is 258 g/mol. The van der Waals surface area contributed by atoms with E-state index in [0.717, 1.165) is 22.8 Å². The number of nitrogens with two attached hydrogens (primary N) is 1. The average Bonchev–Trinajstić information content (AvgIpc) is 2.18. The van der Waals surface area contributed by atoms with Crippen LogP contribution in [-0.4, -0.2) is 16.5 Å². The summed E-state index contributed by atoms with van der Waals surface area (Å²) in [6, 6.07) is 0. The molecule has 15 heavy (non-hydrogen) atoms. The fraction of sp³-hybridized carbons (Fsp3) is 0.556. The van der Waals surface area contributed by atoms with Gasteiger partial charge in [-0.25, -0.2) is 10.8 Å². The van der Waals surface area contributed by atoms with Gasteiger partial charge in [-0.15, -0.1) is 0 Å². The minimum absolute atomic E-state index is 0.425. The third-order valence-electron chi connectivity index (χ3n) is 2.66. The normalized spacial score (nSPS) is 15.9. The van der Waals surface area contributed by atoms with E-state index in [9.17, 15) is 0 Å². The first-order valence-electron chi connectivity index (χ1n) is 5.02. The van der Waals surface area contributed by atoms with Crippen LogP contribution in [0.2, 0.25) is 0 Å². The molecule has 1 aromatic heterocycles. The molecule has 1 aliphatic carbocycles. The predicted octanol–water partition coefficient (Wildman–Crippen LogP) is 1.74. The van der Waals surface area contributed by atoms with Gasteiger partial charge in [0.1, 0.15) is 5.82 Å². The van der Waals surface area contributed by atoms with Crippen molar-refractivity contribution in [1.29, 1.82) is 0 Å². The quantitative estimate of drug-likeness (QED) is 0.575. The molecule has 0 spiro atoms. The van der Waals surface area contributed by atoms with Gasteiger partial charge in [0.15, 0.2) is 0 Å². The zero-order valence-electron chi connectivity index (χ0n) is 8.33. The van der Waals surface area contributed by atoms with Gasteiger partial charge in [0.05, 0.1) is 4.47 Å². The second kappa shape index (κ2) is 4.76. The standard InChI is InChI=1S/C9H14BrN5/c10-7-5-13-9(15-11)14-8(7)12-4-6-2-1-3-6/h5-6H,1-4,11H2,(H2,12,13,14,15). The van der Waals surface area contributed by atoms with E-state index >= 15 is 0 Å². The van der Waals surface area contributed by atoms with Gasteiger partial charge in [-0.05, 0) is 34.7 Å². The lowest BCUT2D eigenvalue weighted by atomic mass is 9.85. The largest absolute Gasteiger partial charge is 0.369 e. The third-order valence-corrected chi connectivity index (χ3v) is 3.24. The van der Waals surface area contributed by atoms with Crippen molar-refractivity contribution < 1.29 is 0 Å². The summed E-state index contributed by atoms with van der Waals surface area (Å²) in [6.07, 6.45) is 5.67. The molecule has 1 fully saturated rings. The molecule has 4 N–H and O–H groups in total. The Morgan fingerprint density at radius 2 is 2.33 bits per heavy atom. The second-order valence-electron chi connectivity index (χ2n) is 3.71. The molecule has 2 rings (SSSR count). The topological polar surface area (TPSA) is 75.9 Å². The number of hydrazine groups is 1. The zero-order chi connectivity index (χ0) is 10.7. The Kier molecular flexibility index (Phi) is 3.37. The number of anilines is 2. The maximum Gasteiger partial charge on any atom is 0.239 e. The van der Waals surface area contributed by atoms with Crippen molar-refractivity contribution in [3.8, 4) is 0 Å². The summed E-state index contributed by atoms with van der Waals surface area (Å²) >= 11 is 3.39. The summed E-state index contributed by atoms with van der Waals surface area (Å²) in [6.45, 7) is 0.972. The highest BCUT2D eigenvalue weighted by Gasteiger charge is 2.17. The Morgan fingerprint density at radius 1 is 1.53 bits per heavy atom. The highest BCUT2D eigenvalue weighted by molar-refractivity contribution is 9.10. The highest BCUT2D eigenvalue weighted by atomic mass is 79.9. The molecule has 1 saturated carbocycles. The summed E-state index contributed by atoms with van der Waals surface area (Å²) in [5, 5.41) is 3.30. The average molecular weight is 272 g/mol. The lowest BCUT2D eigenvalue weighted by Gasteiger charge is -2.25. The minimum atomic E-state index is 0.425. The van der Waals surface area contributed by atoms with E-state index < -0.39 is 0 Å². The molecular formula is C9H14BrN5. The molecule has 0 aromatic carbocycles. The second-order valence-corrected chi connectivity index (χ2v) is 4.57. The molecule has 0 bridgehead atoms. The van der Waals surface area contributed by atoms with Crippen LogP contribution in [-0.2, 0) is 0 Å². The summed E-state index contributed by atoms with van der Waals surface area (Å²) in [7, 11) is 0. The Bertz CT molecular complexity index is 339. The number of nitrogens with zero attached hydrogens (tertiary/aromatic N) is 2. The van der Waals surface area contributed by atoms with E-state index in [1.807, 2.05) is 0 Å². The molecule has 0 aliphatic heterocycles. The first-order valence-corrected chi connectivity index (χ1v) is 5.82. The highest BCUT2D eigenvalue weighted by Crippen LogP contribution is 2.27. The number of aromatic nitrogens is 2. The van der Waals surface area contributed by atoms with Gasteiger partial charge in [-0.1, -0.05) is 6.42 Å². The maximum absolute atomic E-state index is 5.24. The molecule has 0 unspecified atom stereocenters. The zero-order valence-corrected chi connectivity index (χ0v) is 9.92. The fourth-order valence-corrected chi connectivity index (χ4v) is 1.83. The molecule has 82 valence electrons. The van der Waals surface area contributed by atoms with E-state index in [1.165, 1.54) is 19.3 Å². The van der Waals surface area contributed by atoms with Crippen molar-refractivity contribution in [2.24, 2.45) is 11.8 Å². The van der Waals surface area contributed by atoms with Gasteiger partial charge in [0, 0.05) is 12.7 Å². The molecule has 6 heteroatoms. The number of nitrogen functional groups attached to an aromatic ring is 1. The van der Waals surface area contributed by atoms with Crippen molar-refractivity contribution >= 4 is 27.7 Å². The first-order chi connectivity index (χ1) is 7.29. The van der Waals surface area contributed by atoms with Gasteiger partial charge >= 0.3 is 0 Å². The van der Waals surface area contributed by atoms with Crippen LogP contribution in [0.3, 0.4) is 0 Å². The molecule has 1 heterocycles. The molecule has 1 aromatic rings. The first kappa shape index (κ1) is 10.6. The number of halogens is 1. The van der Waals surface area contributed by atoms with Crippen molar-refractivity contribution in [3.63, 3.8) is 0 Å². The maximum atomic E-state index is 5.24. The Morgan fingerprint density at radius 3 is 2.93 bits per heavy atom. The van der Waals surface area contributed by atoms with Crippen molar-refractivity contribution in [3.05, 3.63) is 10.7 Å². The smallest absolute Gasteiger partial charge is 0.239 e. The summed E-state index contributed by atoms with van der Waals surface area (Å²) in [5.41, 5.74) is 2.43. The molecule has 0 radical (unpaired) electrons. The van der Waals surface area contributed by atoms with Gasteiger partial charge in [0.25, 0.3) is 0 Å².